The standard InChI is InChI=1S/C16H12N4O/c1-21-16-5-3-2-4-15(16)12-6-8-13(9-7-12)19-20-14(10-17)11-18/h2-9,19H,1H3. The molecule has 0 aliphatic rings. The van der Waals surface area contributed by atoms with E-state index >= 15 is 0 Å². The van der Waals surface area contributed by atoms with Crippen LogP contribution in [0, 0.1) is 22.7 Å². The van der Waals surface area contributed by atoms with E-state index in [2.05, 4.69) is 10.5 Å². The van der Waals surface area contributed by atoms with Crippen LogP contribution in [0.15, 0.2) is 53.6 Å². The molecule has 102 valence electrons. The minimum atomic E-state index is -0.219. The van der Waals surface area contributed by atoms with Gasteiger partial charge in [-0.05, 0) is 23.8 Å². The van der Waals surface area contributed by atoms with Crippen molar-refractivity contribution in [3.63, 3.8) is 0 Å². The maximum Gasteiger partial charge on any atom is 0.237 e. The number of para-hydroxylation sites is 1. The van der Waals surface area contributed by atoms with Gasteiger partial charge in [-0.25, -0.2) is 0 Å². The number of methoxy groups -OCH3 is 1. The number of nitrogens with zero attached hydrogens (tertiary/aromatic N) is 3. The van der Waals surface area contributed by atoms with E-state index < -0.39 is 0 Å². The molecule has 0 saturated carbocycles. The molecule has 0 aliphatic carbocycles. The summed E-state index contributed by atoms with van der Waals surface area (Å²) in [6.07, 6.45) is 0. The highest BCUT2D eigenvalue weighted by molar-refractivity contribution is 6.10. The molecule has 5 nitrogen and oxygen atoms in total. The van der Waals surface area contributed by atoms with Crippen molar-refractivity contribution in [1.29, 1.82) is 10.5 Å². The zero-order valence-corrected chi connectivity index (χ0v) is 11.4. The van der Waals surface area contributed by atoms with E-state index in [1.165, 1.54) is 0 Å². The first kappa shape index (κ1) is 14.1. The summed E-state index contributed by atoms with van der Waals surface area (Å²) in [7, 11) is 1.63. The van der Waals surface area contributed by atoms with Crippen LogP contribution in [-0.4, -0.2) is 12.8 Å². The molecule has 5 heteroatoms. The minimum Gasteiger partial charge on any atom is -0.496 e. The zero-order chi connectivity index (χ0) is 15.1. The van der Waals surface area contributed by atoms with Crippen molar-refractivity contribution in [3.05, 3.63) is 48.5 Å². The van der Waals surface area contributed by atoms with Crippen LogP contribution in [-0.2, 0) is 0 Å². The fourth-order valence-electron chi connectivity index (χ4n) is 1.80. The molecule has 0 bridgehead atoms. The summed E-state index contributed by atoms with van der Waals surface area (Å²) in [5, 5.41) is 20.9. The quantitative estimate of drug-likeness (QED) is 0.687. The van der Waals surface area contributed by atoms with Gasteiger partial charge in [0.15, 0.2) is 0 Å². The van der Waals surface area contributed by atoms with Gasteiger partial charge in [0.25, 0.3) is 0 Å². The summed E-state index contributed by atoms with van der Waals surface area (Å²) >= 11 is 0. The number of ether oxygens (including phenoxy) is 1. The lowest BCUT2D eigenvalue weighted by Crippen LogP contribution is -1.96. The van der Waals surface area contributed by atoms with E-state index in [9.17, 15) is 0 Å². The van der Waals surface area contributed by atoms with Gasteiger partial charge in [0.05, 0.1) is 12.8 Å². The average molecular weight is 276 g/mol. The molecule has 1 N–H and O–H groups in total. The van der Waals surface area contributed by atoms with E-state index in [0.29, 0.717) is 5.69 Å². The number of anilines is 1. The molecule has 2 rings (SSSR count). The molecule has 0 aliphatic heterocycles. The lowest BCUT2D eigenvalue weighted by Gasteiger charge is -2.08. The first-order valence-electron chi connectivity index (χ1n) is 6.16. The van der Waals surface area contributed by atoms with Gasteiger partial charge in [-0.2, -0.15) is 15.6 Å². The zero-order valence-electron chi connectivity index (χ0n) is 11.4. The van der Waals surface area contributed by atoms with Crippen molar-refractivity contribution in [1.82, 2.24) is 0 Å². The van der Waals surface area contributed by atoms with Crippen molar-refractivity contribution < 1.29 is 4.74 Å². The Morgan fingerprint density at radius 1 is 1.05 bits per heavy atom. The number of nitriles is 2. The average Bonchev–Trinajstić information content (AvgIpc) is 2.56. The molecular formula is C16H12N4O. The summed E-state index contributed by atoms with van der Waals surface area (Å²) in [4.78, 5) is 0. The number of rotatable bonds is 4. The minimum absolute atomic E-state index is 0.219. The topological polar surface area (TPSA) is 81.2 Å². The third-order valence-corrected chi connectivity index (χ3v) is 2.81. The largest absolute Gasteiger partial charge is 0.496 e. The third-order valence-electron chi connectivity index (χ3n) is 2.81. The Labute approximate surface area is 122 Å². The Balaban J connectivity index is 2.22. The molecule has 21 heavy (non-hydrogen) atoms. The van der Waals surface area contributed by atoms with Crippen LogP contribution in [0.3, 0.4) is 0 Å². The van der Waals surface area contributed by atoms with Crippen LogP contribution in [0.2, 0.25) is 0 Å². The van der Waals surface area contributed by atoms with Crippen LogP contribution < -0.4 is 10.2 Å². The van der Waals surface area contributed by atoms with E-state index in [1.54, 1.807) is 19.2 Å². The van der Waals surface area contributed by atoms with Gasteiger partial charge >= 0.3 is 0 Å². The summed E-state index contributed by atoms with van der Waals surface area (Å²) < 4.78 is 5.33. The van der Waals surface area contributed by atoms with Crippen molar-refractivity contribution in [2.24, 2.45) is 5.10 Å². The SMILES string of the molecule is COc1ccccc1-c1ccc(NN=C(C#N)C#N)cc1. The summed E-state index contributed by atoms with van der Waals surface area (Å²) in [5.74, 6) is 0.799. The second-order valence-corrected chi connectivity index (χ2v) is 4.07. The van der Waals surface area contributed by atoms with Gasteiger partial charge in [-0.15, -0.1) is 0 Å². The molecule has 2 aromatic carbocycles. The predicted octanol–water partition coefficient (Wildman–Crippen LogP) is 3.18. The number of hydrogen-bond acceptors (Lipinski definition) is 5. The van der Waals surface area contributed by atoms with Crippen molar-refractivity contribution in [2.75, 3.05) is 12.5 Å². The smallest absolute Gasteiger partial charge is 0.237 e. The van der Waals surface area contributed by atoms with Crippen LogP contribution in [0.25, 0.3) is 11.1 Å². The molecule has 0 aromatic heterocycles. The van der Waals surface area contributed by atoms with Gasteiger partial charge in [0, 0.05) is 5.56 Å². The van der Waals surface area contributed by atoms with Gasteiger partial charge in [0.2, 0.25) is 5.71 Å². The fourth-order valence-corrected chi connectivity index (χ4v) is 1.80. The molecule has 0 spiro atoms. The molecule has 0 fully saturated rings. The first-order chi connectivity index (χ1) is 10.3. The summed E-state index contributed by atoms with van der Waals surface area (Å²) in [5.41, 5.74) is 5.13. The number of hydrazone groups is 1. The second kappa shape index (κ2) is 6.74. The Morgan fingerprint density at radius 3 is 2.33 bits per heavy atom. The van der Waals surface area contributed by atoms with E-state index in [-0.39, 0.29) is 5.71 Å². The Bertz CT molecular complexity index is 720. The van der Waals surface area contributed by atoms with Gasteiger partial charge in [0.1, 0.15) is 17.9 Å². The van der Waals surface area contributed by atoms with E-state index in [4.69, 9.17) is 15.3 Å². The number of nitrogens with one attached hydrogen (secondary N) is 1. The number of benzene rings is 2. The van der Waals surface area contributed by atoms with E-state index in [1.807, 2.05) is 48.5 Å². The molecule has 0 heterocycles. The lowest BCUT2D eigenvalue weighted by molar-refractivity contribution is 0.416. The third kappa shape index (κ3) is 3.37. The normalized spacial score (nSPS) is 9.10. The van der Waals surface area contributed by atoms with Crippen LogP contribution in [0.4, 0.5) is 5.69 Å². The Hall–Kier alpha value is -3.31. The highest BCUT2D eigenvalue weighted by atomic mass is 16.5. The van der Waals surface area contributed by atoms with Gasteiger partial charge < -0.3 is 4.74 Å². The summed E-state index contributed by atoms with van der Waals surface area (Å²) in [6.45, 7) is 0. The maximum atomic E-state index is 8.60. The van der Waals surface area contributed by atoms with Gasteiger partial charge in [-0.1, -0.05) is 30.3 Å². The first-order valence-corrected chi connectivity index (χ1v) is 6.16. The van der Waals surface area contributed by atoms with Crippen LogP contribution >= 0.6 is 0 Å². The van der Waals surface area contributed by atoms with Crippen molar-refractivity contribution >= 4 is 11.4 Å². The molecule has 0 saturated heterocycles. The molecule has 2 aromatic rings. The second-order valence-electron chi connectivity index (χ2n) is 4.07. The monoisotopic (exact) mass is 276 g/mol. The van der Waals surface area contributed by atoms with Crippen LogP contribution in [0.1, 0.15) is 0 Å². The maximum absolute atomic E-state index is 8.60. The Morgan fingerprint density at radius 2 is 1.71 bits per heavy atom. The van der Waals surface area contributed by atoms with Crippen molar-refractivity contribution in [2.45, 2.75) is 0 Å². The van der Waals surface area contributed by atoms with Gasteiger partial charge in [-0.3, -0.25) is 5.43 Å². The summed E-state index contributed by atoms with van der Waals surface area (Å²) in [6, 6.07) is 18.6. The molecule has 0 unspecified atom stereocenters. The van der Waals surface area contributed by atoms with Crippen molar-refractivity contribution in [3.8, 4) is 29.0 Å². The predicted molar refractivity (Wildman–Crippen MR) is 80.7 cm³/mol. The van der Waals surface area contributed by atoms with E-state index in [0.717, 1.165) is 16.9 Å². The Kier molecular flexibility index (Phi) is 4.53. The highest BCUT2D eigenvalue weighted by Gasteiger charge is 2.04. The highest BCUT2D eigenvalue weighted by Crippen LogP contribution is 2.30. The molecule has 0 radical (unpaired) electrons. The molecule has 0 amide bonds. The van der Waals surface area contributed by atoms with Crippen LogP contribution in [0.5, 0.6) is 5.75 Å². The molecule has 0 atom stereocenters. The molecular weight excluding hydrogens is 264 g/mol. The number of hydrogen-bond donors (Lipinski definition) is 1. The lowest BCUT2D eigenvalue weighted by atomic mass is 10.0. The fraction of sp³-hybridized carbons (Fsp3) is 0.0625.